The van der Waals surface area contributed by atoms with Crippen LogP contribution in [0.3, 0.4) is 0 Å². The summed E-state index contributed by atoms with van der Waals surface area (Å²) in [5, 5.41) is 7.03. The summed E-state index contributed by atoms with van der Waals surface area (Å²) < 4.78 is 1.95. The Labute approximate surface area is 135 Å². The number of hydrogen-bond acceptors (Lipinski definition) is 2. The van der Waals surface area contributed by atoms with Gasteiger partial charge >= 0.3 is 0 Å². The number of para-hydroxylation sites is 1. The summed E-state index contributed by atoms with van der Waals surface area (Å²) in [7, 11) is 0. The van der Waals surface area contributed by atoms with Crippen LogP contribution < -0.4 is 0 Å². The average Bonchev–Trinajstić information content (AvgIpc) is 2.96. The van der Waals surface area contributed by atoms with Crippen molar-refractivity contribution in [2.24, 2.45) is 0 Å². The fourth-order valence-electron chi connectivity index (χ4n) is 2.98. The Morgan fingerprint density at radius 1 is 0.783 bits per heavy atom. The van der Waals surface area contributed by atoms with Crippen molar-refractivity contribution >= 4 is 10.8 Å². The van der Waals surface area contributed by atoms with Crippen molar-refractivity contribution < 1.29 is 0 Å². The van der Waals surface area contributed by atoms with E-state index in [0.29, 0.717) is 0 Å². The molecular weight excluding hydrogens is 282 g/mol. The van der Waals surface area contributed by atoms with Crippen LogP contribution in [0.5, 0.6) is 0 Å². The standard InChI is InChI=1S/C20H17N3/c1-14-8-3-6-13-19(14)23-20(21-15(2)22-23)18-12-7-10-16-9-4-5-11-17(16)18/h3-13H,1-2H3. The van der Waals surface area contributed by atoms with Gasteiger partial charge in [-0.2, -0.15) is 5.10 Å². The summed E-state index contributed by atoms with van der Waals surface area (Å²) in [6.45, 7) is 4.03. The molecule has 0 aliphatic rings. The maximum Gasteiger partial charge on any atom is 0.164 e. The predicted molar refractivity (Wildman–Crippen MR) is 93.8 cm³/mol. The molecule has 112 valence electrons. The minimum atomic E-state index is 0.774. The molecule has 0 fully saturated rings. The van der Waals surface area contributed by atoms with Crippen LogP contribution in [-0.4, -0.2) is 14.8 Å². The Kier molecular flexibility index (Phi) is 3.19. The van der Waals surface area contributed by atoms with E-state index in [-0.39, 0.29) is 0 Å². The molecule has 0 unspecified atom stereocenters. The maximum atomic E-state index is 4.70. The Morgan fingerprint density at radius 3 is 2.39 bits per heavy atom. The number of fused-ring (bicyclic) bond motifs is 1. The third-order valence-corrected chi connectivity index (χ3v) is 4.09. The first-order valence-electron chi connectivity index (χ1n) is 7.72. The molecule has 0 saturated heterocycles. The van der Waals surface area contributed by atoms with Gasteiger partial charge in [0.25, 0.3) is 0 Å². The first kappa shape index (κ1) is 13.7. The second-order valence-electron chi connectivity index (χ2n) is 5.71. The number of rotatable bonds is 2. The maximum absolute atomic E-state index is 4.70. The first-order chi connectivity index (χ1) is 11.2. The topological polar surface area (TPSA) is 30.7 Å². The van der Waals surface area contributed by atoms with Crippen LogP contribution in [0.25, 0.3) is 27.8 Å². The molecule has 3 aromatic carbocycles. The van der Waals surface area contributed by atoms with Crippen LogP contribution in [0.1, 0.15) is 11.4 Å². The van der Waals surface area contributed by atoms with Crippen LogP contribution in [0, 0.1) is 13.8 Å². The van der Waals surface area contributed by atoms with E-state index in [9.17, 15) is 0 Å². The monoisotopic (exact) mass is 299 g/mol. The van der Waals surface area contributed by atoms with Gasteiger partial charge in [-0.3, -0.25) is 0 Å². The lowest BCUT2D eigenvalue weighted by Gasteiger charge is -2.10. The van der Waals surface area contributed by atoms with Crippen molar-refractivity contribution in [3.05, 3.63) is 78.1 Å². The van der Waals surface area contributed by atoms with Gasteiger partial charge in [0.2, 0.25) is 0 Å². The molecule has 0 N–H and O–H groups in total. The summed E-state index contributed by atoms with van der Waals surface area (Å²) in [6, 6.07) is 22.9. The highest BCUT2D eigenvalue weighted by atomic mass is 15.3. The number of hydrogen-bond donors (Lipinski definition) is 0. The van der Waals surface area contributed by atoms with Gasteiger partial charge in [0.15, 0.2) is 5.82 Å². The molecule has 0 atom stereocenters. The first-order valence-corrected chi connectivity index (χ1v) is 7.72. The van der Waals surface area contributed by atoms with Gasteiger partial charge in [0.05, 0.1) is 5.69 Å². The molecule has 0 radical (unpaired) electrons. The molecule has 4 rings (SSSR count). The number of benzene rings is 3. The summed E-state index contributed by atoms with van der Waals surface area (Å²) in [5.41, 5.74) is 3.35. The molecule has 0 amide bonds. The van der Waals surface area contributed by atoms with E-state index < -0.39 is 0 Å². The van der Waals surface area contributed by atoms with E-state index in [2.05, 4.69) is 66.6 Å². The van der Waals surface area contributed by atoms with Crippen LogP contribution >= 0.6 is 0 Å². The Balaban J connectivity index is 2.02. The van der Waals surface area contributed by atoms with Gasteiger partial charge < -0.3 is 0 Å². The quantitative estimate of drug-likeness (QED) is 0.537. The molecular formula is C20H17N3. The highest BCUT2D eigenvalue weighted by molar-refractivity contribution is 5.95. The van der Waals surface area contributed by atoms with Crippen molar-refractivity contribution in [1.29, 1.82) is 0 Å². The molecule has 0 bridgehead atoms. The molecule has 1 heterocycles. The van der Waals surface area contributed by atoms with E-state index in [1.165, 1.54) is 16.3 Å². The third-order valence-electron chi connectivity index (χ3n) is 4.09. The second kappa shape index (κ2) is 5.36. The molecule has 3 heteroatoms. The molecule has 23 heavy (non-hydrogen) atoms. The van der Waals surface area contributed by atoms with E-state index >= 15 is 0 Å². The molecule has 0 spiro atoms. The SMILES string of the molecule is Cc1nc(-c2cccc3ccccc23)n(-c2ccccc2C)n1. The zero-order valence-electron chi connectivity index (χ0n) is 13.2. The van der Waals surface area contributed by atoms with Gasteiger partial charge in [0.1, 0.15) is 5.82 Å². The highest BCUT2D eigenvalue weighted by Crippen LogP contribution is 2.29. The smallest absolute Gasteiger partial charge is 0.164 e. The van der Waals surface area contributed by atoms with Crippen LogP contribution in [-0.2, 0) is 0 Å². The average molecular weight is 299 g/mol. The van der Waals surface area contributed by atoms with Gasteiger partial charge in [-0.25, -0.2) is 9.67 Å². The Bertz CT molecular complexity index is 993. The molecule has 3 nitrogen and oxygen atoms in total. The van der Waals surface area contributed by atoms with Crippen LogP contribution in [0.4, 0.5) is 0 Å². The van der Waals surface area contributed by atoms with Crippen molar-refractivity contribution in [2.75, 3.05) is 0 Å². The lowest BCUT2D eigenvalue weighted by Crippen LogP contribution is -2.02. The zero-order chi connectivity index (χ0) is 15.8. The molecule has 0 saturated carbocycles. The van der Waals surface area contributed by atoms with Crippen molar-refractivity contribution in [3.63, 3.8) is 0 Å². The summed E-state index contributed by atoms with van der Waals surface area (Å²) >= 11 is 0. The van der Waals surface area contributed by atoms with Gasteiger partial charge in [0, 0.05) is 5.56 Å². The predicted octanol–water partition coefficient (Wildman–Crippen LogP) is 4.70. The molecule has 1 aromatic heterocycles. The fraction of sp³-hybridized carbons (Fsp3) is 0.100. The number of nitrogens with zero attached hydrogens (tertiary/aromatic N) is 3. The van der Waals surface area contributed by atoms with Crippen molar-refractivity contribution in [3.8, 4) is 17.1 Å². The number of aromatic nitrogens is 3. The number of aryl methyl sites for hydroxylation is 2. The molecule has 4 aromatic rings. The minimum Gasteiger partial charge on any atom is -0.213 e. The van der Waals surface area contributed by atoms with Crippen molar-refractivity contribution in [2.45, 2.75) is 13.8 Å². The lowest BCUT2D eigenvalue weighted by molar-refractivity contribution is 0.863. The Hall–Kier alpha value is -2.94. The second-order valence-corrected chi connectivity index (χ2v) is 5.71. The van der Waals surface area contributed by atoms with Gasteiger partial charge in [-0.15, -0.1) is 0 Å². The van der Waals surface area contributed by atoms with E-state index in [0.717, 1.165) is 22.9 Å². The molecule has 0 aliphatic carbocycles. The van der Waals surface area contributed by atoms with E-state index in [1.54, 1.807) is 0 Å². The Morgan fingerprint density at radius 2 is 1.52 bits per heavy atom. The van der Waals surface area contributed by atoms with Crippen molar-refractivity contribution in [1.82, 2.24) is 14.8 Å². The summed E-state index contributed by atoms with van der Waals surface area (Å²) in [6.07, 6.45) is 0. The van der Waals surface area contributed by atoms with Gasteiger partial charge in [-0.05, 0) is 36.2 Å². The highest BCUT2D eigenvalue weighted by Gasteiger charge is 2.15. The summed E-state index contributed by atoms with van der Waals surface area (Å²) in [4.78, 5) is 4.70. The molecule has 0 aliphatic heterocycles. The normalized spacial score (nSPS) is 11.0. The van der Waals surface area contributed by atoms with E-state index in [1.807, 2.05) is 23.7 Å². The van der Waals surface area contributed by atoms with Crippen LogP contribution in [0.2, 0.25) is 0 Å². The zero-order valence-corrected chi connectivity index (χ0v) is 13.2. The van der Waals surface area contributed by atoms with Gasteiger partial charge in [-0.1, -0.05) is 60.7 Å². The fourth-order valence-corrected chi connectivity index (χ4v) is 2.98. The lowest BCUT2D eigenvalue weighted by atomic mass is 10.0. The van der Waals surface area contributed by atoms with E-state index in [4.69, 9.17) is 4.98 Å². The minimum absolute atomic E-state index is 0.774. The third kappa shape index (κ3) is 2.30. The summed E-state index contributed by atoms with van der Waals surface area (Å²) in [5.74, 6) is 1.66. The largest absolute Gasteiger partial charge is 0.213 e. The van der Waals surface area contributed by atoms with Crippen LogP contribution in [0.15, 0.2) is 66.7 Å².